The van der Waals surface area contributed by atoms with Gasteiger partial charge in [0.2, 0.25) is 0 Å². The van der Waals surface area contributed by atoms with E-state index in [1.54, 1.807) is 0 Å². The Labute approximate surface area is 83.0 Å². The van der Waals surface area contributed by atoms with E-state index in [1.165, 1.54) is 18.5 Å². The van der Waals surface area contributed by atoms with Crippen LogP contribution in [-0.2, 0) is 0 Å². The standard InChI is InChI=1S/C11H24N2/c1-5-13(6-2)9-7-8-12-10-11(3)4/h12H,3,5-10H2,1-2,4H3. The van der Waals surface area contributed by atoms with Crippen LogP contribution in [0.1, 0.15) is 27.2 Å². The molecule has 0 rings (SSSR count). The van der Waals surface area contributed by atoms with Crippen LogP contribution in [0.4, 0.5) is 0 Å². The van der Waals surface area contributed by atoms with E-state index < -0.39 is 0 Å². The smallest absolute Gasteiger partial charge is 0.0159 e. The second-order valence-corrected chi connectivity index (χ2v) is 3.51. The SMILES string of the molecule is C=C(C)CNCCCN(CC)CC. The molecule has 0 unspecified atom stereocenters. The first kappa shape index (κ1) is 12.7. The summed E-state index contributed by atoms with van der Waals surface area (Å²) in [5.41, 5.74) is 1.21. The minimum Gasteiger partial charge on any atom is -0.313 e. The van der Waals surface area contributed by atoms with E-state index in [0.717, 1.165) is 26.2 Å². The fourth-order valence-electron chi connectivity index (χ4n) is 1.27. The van der Waals surface area contributed by atoms with Crippen molar-refractivity contribution < 1.29 is 0 Å². The lowest BCUT2D eigenvalue weighted by molar-refractivity contribution is 0.298. The van der Waals surface area contributed by atoms with E-state index in [9.17, 15) is 0 Å². The summed E-state index contributed by atoms with van der Waals surface area (Å²) in [4.78, 5) is 2.45. The van der Waals surface area contributed by atoms with Crippen LogP contribution in [-0.4, -0.2) is 37.6 Å². The zero-order chi connectivity index (χ0) is 10.1. The zero-order valence-corrected chi connectivity index (χ0v) is 9.40. The molecule has 0 aromatic carbocycles. The summed E-state index contributed by atoms with van der Waals surface area (Å²) in [5, 5.41) is 3.36. The maximum Gasteiger partial charge on any atom is 0.0159 e. The maximum absolute atomic E-state index is 3.85. The Morgan fingerprint density at radius 1 is 1.31 bits per heavy atom. The molecule has 2 heteroatoms. The van der Waals surface area contributed by atoms with Crippen LogP contribution in [0.15, 0.2) is 12.2 Å². The number of rotatable bonds is 8. The lowest BCUT2D eigenvalue weighted by atomic mass is 10.3. The fourth-order valence-corrected chi connectivity index (χ4v) is 1.27. The van der Waals surface area contributed by atoms with Crippen molar-refractivity contribution in [3.8, 4) is 0 Å². The van der Waals surface area contributed by atoms with Crippen LogP contribution < -0.4 is 5.32 Å². The van der Waals surface area contributed by atoms with E-state index in [4.69, 9.17) is 0 Å². The predicted octanol–water partition coefficient (Wildman–Crippen LogP) is 1.88. The highest BCUT2D eigenvalue weighted by Crippen LogP contribution is 1.89. The molecule has 0 amide bonds. The van der Waals surface area contributed by atoms with Crippen LogP contribution in [0.3, 0.4) is 0 Å². The van der Waals surface area contributed by atoms with Gasteiger partial charge in [-0.1, -0.05) is 26.0 Å². The molecule has 1 N–H and O–H groups in total. The van der Waals surface area contributed by atoms with Gasteiger partial charge >= 0.3 is 0 Å². The van der Waals surface area contributed by atoms with Crippen molar-refractivity contribution in [2.24, 2.45) is 0 Å². The van der Waals surface area contributed by atoms with E-state index in [2.05, 4.69) is 37.6 Å². The van der Waals surface area contributed by atoms with Crippen molar-refractivity contribution in [1.82, 2.24) is 10.2 Å². The highest BCUT2D eigenvalue weighted by molar-refractivity contribution is 4.90. The van der Waals surface area contributed by atoms with Crippen molar-refractivity contribution in [3.63, 3.8) is 0 Å². The minimum absolute atomic E-state index is 0.957. The fraction of sp³-hybridized carbons (Fsp3) is 0.818. The van der Waals surface area contributed by atoms with Gasteiger partial charge in [0.1, 0.15) is 0 Å². The van der Waals surface area contributed by atoms with Gasteiger partial charge in [-0.3, -0.25) is 0 Å². The summed E-state index contributed by atoms with van der Waals surface area (Å²) in [6, 6.07) is 0. The van der Waals surface area contributed by atoms with Gasteiger partial charge in [-0.2, -0.15) is 0 Å². The monoisotopic (exact) mass is 184 g/mol. The van der Waals surface area contributed by atoms with E-state index in [0.29, 0.717) is 0 Å². The third kappa shape index (κ3) is 8.00. The highest BCUT2D eigenvalue weighted by Gasteiger charge is 1.96. The molecule has 0 atom stereocenters. The molecule has 0 aliphatic carbocycles. The van der Waals surface area contributed by atoms with Gasteiger partial charge < -0.3 is 10.2 Å². The van der Waals surface area contributed by atoms with Crippen LogP contribution in [0.25, 0.3) is 0 Å². The summed E-state index contributed by atoms with van der Waals surface area (Å²) < 4.78 is 0. The van der Waals surface area contributed by atoms with Gasteiger partial charge in [0.25, 0.3) is 0 Å². The molecule has 0 spiro atoms. The molecule has 2 nitrogen and oxygen atoms in total. The van der Waals surface area contributed by atoms with E-state index in [1.807, 2.05) is 0 Å². The zero-order valence-electron chi connectivity index (χ0n) is 9.40. The molecule has 0 radical (unpaired) electrons. The van der Waals surface area contributed by atoms with Crippen molar-refractivity contribution >= 4 is 0 Å². The van der Waals surface area contributed by atoms with Gasteiger partial charge in [-0.25, -0.2) is 0 Å². The number of nitrogens with zero attached hydrogens (tertiary/aromatic N) is 1. The first-order valence-electron chi connectivity index (χ1n) is 5.28. The van der Waals surface area contributed by atoms with Gasteiger partial charge in [-0.05, 0) is 39.5 Å². The molecule has 0 aromatic rings. The normalized spacial score (nSPS) is 10.8. The Hall–Kier alpha value is -0.340. The molecule has 0 saturated carbocycles. The predicted molar refractivity (Wildman–Crippen MR) is 60.1 cm³/mol. The highest BCUT2D eigenvalue weighted by atomic mass is 15.1. The summed E-state index contributed by atoms with van der Waals surface area (Å²) in [6.07, 6.45) is 1.23. The van der Waals surface area contributed by atoms with Crippen LogP contribution in [0, 0.1) is 0 Å². The van der Waals surface area contributed by atoms with Gasteiger partial charge in [-0.15, -0.1) is 0 Å². The Morgan fingerprint density at radius 3 is 2.38 bits per heavy atom. The number of hydrogen-bond donors (Lipinski definition) is 1. The van der Waals surface area contributed by atoms with Crippen LogP contribution in [0.2, 0.25) is 0 Å². The molecule has 0 fully saturated rings. The summed E-state index contributed by atoms with van der Waals surface area (Å²) in [7, 11) is 0. The van der Waals surface area contributed by atoms with Crippen molar-refractivity contribution in [3.05, 3.63) is 12.2 Å². The van der Waals surface area contributed by atoms with Gasteiger partial charge in [0.05, 0.1) is 0 Å². The van der Waals surface area contributed by atoms with E-state index in [-0.39, 0.29) is 0 Å². The molecular weight excluding hydrogens is 160 g/mol. The summed E-state index contributed by atoms with van der Waals surface area (Å²) >= 11 is 0. The van der Waals surface area contributed by atoms with Gasteiger partial charge in [0.15, 0.2) is 0 Å². The molecule has 0 aliphatic heterocycles. The average Bonchev–Trinajstić information content (AvgIpc) is 2.11. The minimum atomic E-state index is 0.957. The second kappa shape index (κ2) is 8.27. The lowest BCUT2D eigenvalue weighted by Crippen LogP contribution is -2.27. The van der Waals surface area contributed by atoms with Crippen LogP contribution in [0.5, 0.6) is 0 Å². The third-order valence-corrected chi connectivity index (χ3v) is 2.15. The molecule has 0 aliphatic rings. The Kier molecular flexibility index (Phi) is 8.05. The quantitative estimate of drug-likeness (QED) is 0.458. The lowest BCUT2D eigenvalue weighted by Gasteiger charge is -2.17. The molecule has 78 valence electrons. The van der Waals surface area contributed by atoms with Gasteiger partial charge in [0, 0.05) is 6.54 Å². The Morgan fingerprint density at radius 2 is 1.92 bits per heavy atom. The molecule has 13 heavy (non-hydrogen) atoms. The molecule has 0 bridgehead atoms. The second-order valence-electron chi connectivity index (χ2n) is 3.51. The summed E-state index contributed by atoms with van der Waals surface area (Å²) in [6.45, 7) is 15.9. The first-order chi connectivity index (χ1) is 6.20. The molecule has 0 saturated heterocycles. The third-order valence-electron chi connectivity index (χ3n) is 2.15. The van der Waals surface area contributed by atoms with Crippen molar-refractivity contribution in [2.75, 3.05) is 32.7 Å². The molecule has 0 heterocycles. The molecular formula is C11H24N2. The molecule has 0 aromatic heterocycles. The summed E-state index contributed by atoms with van der Waals surface area (Å²) in [5.74, 6) is 0. The van der Waals surface area contributed by atoms with E-state index >= 15 is 0 Å². The average molecular weight is 184 g/mol. The first-order valence-corrected chi connectivity index (χ1v) is 5.28. The van der Waals surface area contributed by atoms with Crippen LogP contribution >= 0.6 is 0 Å². The largest absolute Gasteiger partial charge is 0.313 e. The van der Waals surface area contributed by atoms with Crippen molar-refractivity contribution in [1.29, 1.82) is 0 Å². The topological polar surface area (TPSA) is 15.3 Å². The number of nitrogens with one attached hydrogen (secondary N) is 1. The Balaban J connectivity index is 3.19. The van der Waals surface area contributed by atoms with Crippen molar-refractivity contribution in [2.45, 2.75) is 27.2 Å². The Bertz CT molecular complexity index is 128. The number of hydrogen-bond acceptors (Lipinski definition) is 2. The maximum atomic E-state index is 3.85.